The minimum Gasteiger partial charge on any atom is -0.495 e. The van der Waals surface area contributed by atoms with Crippen molar-refractivity contribution in [2.45, 2.75) is 32.5 Å². The summed E-state index contributed by atoms with van der Waals surface area (Å²) in [5.41, 5.74) is 2.78. The lowest BCUT2D eigenvalue weighted by Gasteiger charge is -2.12. The predicted molar refractivity (Wildman–Crippen MR) is 125 cm³/mol. The van der Waals surface area contributed by atoms with Gasteiger partial charge in [-0.2, -0.15) is 0 Å². The van der Waals surface area contributed by atoms with Crippen LogP contribution in [-0.2, 0) is 18.4 Å². The van der Waals surface area contributed by atoms with E-state index in [-0.39, 0.29) is 18.3 Å². The quantitative estimate of drug-likeness (QED) is 0.459. The smallest absolute Gasteiger partial charge is 0.234 e. The van der Waals surface area contributed by atoms with Crippen LogP contribution in [0.5, 0.6) is 17.2 Å². The van der Waals surface area contributed by atoms with Crippen molar-refractivity contribution in [3.8, 4) is 17.2 Å². The van der Waals surface area contributed by atoms with Crippen molar-refractivity contribution in [3.05, 3.63) is 53.3 Å². The Morgan fingerprint density at radius 2 is 1.75 bits per heavy atom. The highest BCUT2D eigenvalue weighted by Gasteiger charge is 2.14. The standard InChI is InChI=1S/C23H28N4O4S/c1-6-30-20-12-16(3)8-10-19(20)31-13-21-25-26-23(27(21)4)32-14-22(28)24-17-11-15(2)7-9-18(17)29-5/h7-12H,6,13-14H2,1-5H3,(H,24,28). The van der Waals surface area contributed by atoms with Gasteiger partial charge in [0.2, 0.25) is 5.91 Å². The number of methoxy groups -OCH3 is 1. The Kier molecular flexibility index (Phi) is 7.99. The van der Waals surface area contributed by atoms with Crippen LogP contribution in [0.25, 0.3) is 0 Å². The summed E-state index contributed by atoms with van der Waals surface area (Å²) in [6.45, 7) is 6.69. The highest BCUT2D eigenvalue weighted by molar-refractivity contribution is 7.99. The molecular weight excluding hydrogens is 428 g/mol. The van der Waals surface area contributed by atoms with Gasteiger partial charge in [-0.15, -0.1) is 10.2 Å². The maximum atomic E-state index is 12.4. The molecule has 0 saturated carbocycles. The minimum atomic E-state index is -0.152. The second kappa shape index (κ2) is 10.9. The maximum absolute atomic E-state index is 12.4. The highest BCUT2D eigenvalue weighted by atomic mass is 32.2. The number of thioether (sulfide) groups is 1. The van der Waals surface area contributed by atoms with Crippen LogP contribution in [0.3, 0.4) is 0 Å². The van der Waals surface area contributed by atoms with E-state index in [1.807, 2.05) is 68.8 Å². The van der Waals surface area contributed by atoms with E-state index < -0.39 is 0 Å². The fourth-order valence-corrected chi connectivity index (χ4v) is 3.71. The summed E-state index contributed by atoms with van der Waals surface area (Å²) >= 11 is 1.30. The van der Waals surface area contributed by atoms with Gasteiger partial charge in [0.05, 0.1) is 25.2 Å². The minimum absolute atomic E-state index is 0.152. The van der Waals surface area contributed by atoms with Gasteiger partial charge < -0.3 is 24.1 Å². The molecule has 2 aromatic carbocycles. The number of anilines is 1. The lowest BCUT2D eigenvalue weighted by atomic mass is 10.2. The SMILES string of the molecule is CCOc1cc(C)ccc1OCc1nnc(SCC(=O)Nc2cc(C)ccc2OC)n1C. The summed E-state index contributed by atoms with van der Waals surface area (Å²) in [5.74, 6) is 2.66. The number of nitrogens with zero attached hydrogens (tertiary/aromatic N) is 3. The van der Waals surface area contributed by atoms with E-state index in [9.17, 15) is 4.79 Å². The second-order valence-electron chi connectivity index (χ2n) is 7.17. The molecule has 0 radical (unpaired) electrons. The molecule has 0 atom stereocenters. The molecule has 1 amide bonds. The van der Waals surface area contributed by atoms with E-state index >= 15 is 0 Å². The molecule has 0 spiro atoms. The van der Waals surface area contributed by atoms with Gasteiger partial charge in [0.1, 0.15) is 12.4 Å². The average molecular weight is 457 g/mol. The number of rotatable bonds is 10. The fourth-order valence-electron chi connectivity index (χ4n) is 2.98. The lowest BCUT2D eigenvalue weighted by Crippen LogP contribution is -2.15. The van der Waals surface area contributed by atoms with E-state index in [0.717, 1.165) is 11.1 Å². The van der Waals surface area contributed by atoms with E-state index in [0.29, 0.717) is 40.5 Å². The Morgan fingerprint density at radius 3 is 2.47 bits per heavy atom. The van der Waals surface area contributed by atoms with Gasteiger partial charge in [-0.05, 0) is 56.2 Å². The number of carbonyl (C=O) groups excluding carboxylic acids is 1. The molecule has 0 aliphatic carbocycles. The zero-order valence-corrected chi connectivity index (χ0v) is 19.8. The molecule has 9 heteroatoms. The molecule has 8 nitrogen and oxygen atoms in total. The number of carbonyl (C=O) groups is 1. The van der Waals surface area contributed by atoms with E-state index in [4.69, 9.17) is 14.2 Å². The summed E-state index contributed by atoms with van der Waals surface area (Å²) in [5, 5.41) is 11.9. The summed E-state index contributed by atoms with van der Waals surface area (Å²) in [4.78, 5) is 12.4. The Bertz CT molecular complexity index is 1080. The van der Waals surface area contributed by atoms with Crippen molar-refractivity contribution in [3.63, 3.8) is 0 Å². The van der Waals surface area contributed by atoms with Crippen molar-refractivity contribution in [1.29, 1.82) is 0 Å². The maximum Gasteiger partial charge on any atom is 0.234 e. The Labute approximate surface area is 192 Å². The molecule has 1 N–H and O–H groups in total. The van der Waals surface area contributed by atoms with Crippen LogP contribution in [0.15, 0.2) is 41.6 Å². The number of nitrogens with one attached hydrogen (secondary N) is 1. The van der Waals surface area contributed by atoms with Gasteiger partial charge in [-0.1, -0.05) is 23.9 Å². The summed E-state index contributed by atoms with van der Waals surface area (Å²) in [6, 6.07) is 11.4. The highest BCUT2D eigenvalue weighted by Crippen LogP contribution is 2.29. The molecule has 0 fully saturated rings. The number of hydrogen-bond acceptors (Lipinski definition) is 7. The zero-order chi connectivity index (χ0) is 23.1. The first-order chi connectivity index (χ1) is 15.4. The average Bonchev–Trinajstić information content (AvgIpc) is 3.11. The van der Waals surface area contributed by atoms with Gasteiger partial charge in [-0.25, -0.2) is 0 Å². The van der Waals surface area contributed by atoms with Crippen LogP contribution in [0.2, 0.25) is 0 Å². The van der Waals surface area contributed by atoms with Gasteiger partial charge in [0.25, 0.3) is 0 Å². The van der Waals surface area contributed by atoms with Gasteiger partial charge in [0.15, 0.2) is 22.5 Å². The largest absolute Gasteiger partial charge is 0.495 e. The van der Waals surface area contributed by atoms with Gasteiger partial charge in [-0.3, -0.25) is 4.79 Å². The van der Waals surface area contributed by atoms with Crippen molar-refractivity contribution >= 4 is 23.4 Å². The molecule has 0 saturated heterocycles. The van der Waals surface area contributed by atoms with Crippen LogP contribution >= 0.6 is 11.8 Å². The van der Waals surface area contributed by atoms with Crippen molar-refractivity contribution in [2.75, 3.05) is 24.8 Å². The van der Waals surface area contributed by atoms with Crippen LogP contribution in [-0.4, -0.2) is 40.1 Å². The van der Waals surface area contributed by atoms with Gasteiger partial charge >= 0.3 is 0 Å². The number of aromatic nitrogens is 3. The topological polar surface area (TPSA) is 87.5 Å². The summed E-state index contributed by atoms with van der Waals surface area (Å²) in [6.07, 6.45) is 0. The van der Waals surface area contributed by atoms with Crippen LogP contribution in [0.4, 0.5) is 5.69 Å². The van der Waals surface area contributed by atoms with Crippen molar-refractivity contribution in [2.24, 2.45) is 7.05 Å². The van der Waals surface area contributed by atoms with Crippen molar-refractivity contribution < 1.29 is 19.0 Å². The van der Waals surface area contributed by atoms with Crippen LogP contribution in [0, 0.1) is 13.8 Å². The molecule has 0 bridgehead atoms. The molecule has 0 unspecified atom stereocenters. The number of aryl methyl sites for hydroxylation is 2. The number of amides is 1. The van der Waals surface area contributed by atoms with E-state index in [1.54, 1.807) is 7.11 Å². The first-order valence-corrected chi connectivity index (χ1v) is 11.2. The van der Waals surface area contributed by atoms with Gasteiger partial charge in [0, 0.05) is 7.05 Å². The number of hydrogen-bond donors (Lipinski definition) is 1. The third-order valence-electron chi connectivity index (χ3n) is 4.64. The summed E-state index contributed by atoms with van der Waals surface area (Å²) in [7, 11) is 3.42. The zero-order valence-electron chi connectivity index (χ0n) is 19.0. The van der Waals surface area contributed by atoms with E-state index in [2.05, 4.69) is 15.5 Å². The second-order valence-corrected chi connectivity index (χ2v) is 8.11. The molecule has 0 aliphatic heterocycles. The monoisotopic (exact) mass is 456 g/mol. The molecule has 1 heterocycles. The first-order valence-electron chi connectivity index (χ1n) is 10.2. The first kappa shape index (κ1) is 23.5. The third kappa shape index (κ3) is 5.94. The molecule has 3 aromatic rings. The molecule has 170 valence electrons. The van der Waals surface area contributed by atoms with Crippen LogP contribution in [0.1, 0.15) is 23.9 Å². The Hall–Kier alpha value is -3.20. The van der Waals surface area contributed by atoms with Crippen molar-refractivity contribution in [1.82, 2.24) is 14.8 Å². The Balaban J connectivity index is 1.58. The number of ether oxygens (including phenoxy) is 3. The van der Waals surface area contributed by atoms with Crippen LogP contribution < -0.4 is 19.5 Å². The normalized spacial score (nSPS) is 10.7. The predicted octanol–water partition coefficient (Wildman–Crippen LogP) is 4.15. The molecule has 1 aromatic heterocycles. The molecular formula is C23H28N4O4S. The summed E-state index contributed by atoms with van der Waals surface area (Å²) < 4.78 is 18.7. The molecule has 0 aliphatic rings. The molecule has 3 rings (SSSR count). The molecule has 32 heavy (non-hydrogen) atoms. The fraction of sp³-hybridized carbons (Fsp3) is 0.348. The number of benzene rings is 2. The third-order valence-corrected chi connectivity index (χ3v) is 5.66. The lowest BCUT2D eigenvalue weighted by molar-refractivity contribution is -0.113. The Morgan fingerprint density at radius 1 is 1.03 bits per heavy atom. The van der Waals surface area contributed by atoms with E-state index in [1.165, 1.54) is 11.8 Å².